The minimum absolute atomic E-state index is 0.104. The number of rotatable bonds is 4. The second-order valence-electron chi connectivity index (χ2n) is 5.29. The highest BCUT2D eigenvalue weighted by Gasteiger charge is 2.23. The number of benzene rings is 1. The van der Waals surface area contributed by atoms with Gasteiger partial charge in [-0.05, 0) is 12.8 Å². The van der Waals surface area contributed by atoms with Gasteiger partial charge in [0.15, 0.2) is 5.76 Å². The molecular weight excluding hydrogens is 268 g/mol. The van der Waals surface area contributed by atoms with Gasteiger partial charge in [-0.3, -0.25) is 4.79 Å². The molecule has 5 heteroatoms. The number of carbonyl (C=O) groups is 1. The molecule has 1 amide bonds. The maximum absolute atomic E-state index is 11.8. The van der Waals surface area contributed by atoms with Crippen LogP contribution in [0.5, 0.6) is 0 Å². The predicted octanol–water partition coefficient (Wildman–Crippen LogP) is 2.39. The number of likely N-dealkylation sites (tertiary alicyclic amines) is 1. The van der Waals surface area contributed by atoms with E-state index in [1.54, 1.807) is 11.0 Å². The Hall–Kier alpha value is -2.14. The molecule has 1 aliphatic heterocycles. The van der Waals surface area contributed by atoms with Crippen molar-refractivity contribution in [3.05, 3.63) is 42.1 Å². The Morgan fingerprint density at radius 3 is 2.86 bits per heavy atom. The number of aliphatic hydroxyl groups is 1. The fourth-order valence-corrected chi connectivity index (χ4v) is 2.54. The topological polar surface area (TPSA) is 66.6 Å². The van der Waals surface area contributed by atoms with Crippen molar-refractivity contribution in [3.63, 3.8) is 0 Å². The van der Waals surface area contributed by atoms with E-state index in [4.69, 9.17) is 4.52 Å². The third kappa shape index (κ3) is 3.13. The second kappa shape index (κ2) is 6.10. The quantitative estimate of drug-likeness (QED) is 0.937. The van der Waals surface area contributed by atoms with Gasteiger partial charge in [-0.2, -0.15) is 0 Å². The fourth-order valence-electron chi connectivity index (χ4n) is 2.54. The molecule has 0 spiro atoms. The van der Waals surface area contributed by atoms with E-state index in [1.165, 1.54) is 0 Å². The molecule has 21 heavy (non-hydrogen) atoms. The number of aromatic nitrogens is 1. The Kier molecular flexibility index (Phi) is 4.01. The summed E-state index contributed by atoms with van der Waals surface area (Å²) in [6.07, 6.45) is 1.69. The summed E-state index contributed by atoms with van der Waals surface area (Å²) in [4.78, 5) is 13.5. The van der Waals surface area contributed by atoms with Crippen molar-refractivity contribution < 1.29 is 14.4 Å². The van der Waals surface area contributed by atoms with Crippen molar-refractivity contribution in [2.45, 2.75) is 25.4 Å². The van der Waals surface area contributed by atoms with E-state index < -0.39 is 6.10 Å². The molecule has 0 aliphatic carbocycles. The Balaban J connectivity index is 1.69. The first-order valence-electron chi connectivity index (χ1n) is 7.22. The van der Waals surface area contributed by atoms with Gasteiger partial charge >= 0.3 is 0 Å². The van der Waals surface area contributed by atoms with Gasteiger partial charge < -0.3 is 14.5 Å². The molecule has 0 bridgehead atoms. The average molecular weight is 286 g/mol. The van der Waals surface area contributed by atoms with E-state index in [-0.39, 0.29) is 12.5 Å². The molecule has 2 aromatic rings. The van der Waals surface area contributed by atoms with Crippen molar-refractivity contribution in [2.75, 3.05) is 13.1 Å². The van der Waals surface area contributed by atoms with Crippen molar-refractivity contribution in [3.8, 4) is 11.3 Å². The summed E-state index contributed by atoms with van der Waals surface area (Å²) >= 11 is 0. The summed E-state index contributed by atoms with van der Waals surface area (Å²) < 4.78 is 5.27. The van der Waals surface area contributed by atoms with Gasteiger partial charge in [-0.25, -0.2) is 0 Å². The molecule has 0 saturated carbocycles. The smallest absolute Gasteiger partial charge is 0.222 e. The minimum Gasteiger partial charge on any atom is -0.385 e. The molecule has 1 aromatic carbocycles. The zero-order valence-electron chi connectivity index (χ0n) is 11.7. The maximum Gasteiger partial charge on any atom is 0.222 e. The van der Waals surface area contributed by atoms with Crippen LogP contribution in [0, 0.1) is 0 Å². The van der Waals surface area contributed by atoms with E-state index in [0.717, 1.165) is 18.4 Å². The zero-order valence-corrected chi connectivity index (χ0v) is 11.7. The first-order chi connectivity index (χ1) is 10.2. The van der Waals surface area contributed by atoms with Gasteiger partial charge in [0, 0.05) is 24.6 Å². The predicted molar refractivity (Wildman–Crippen MR) is 77.3 cm³/mol. The van der Waals surface area contributed by atoms with Crippen molar-refractivity contribution in [1.82, 2.24) is 10.1 Å². The lowest BCUT2D eigenvalue weighted by atomic mass is 10.1. The van der Waals surface area contributed by atoms with Crippen LogP contribution in [0.1, 0.15) is 31.1 Å². The average Bonchev–Trinajstić information content (AvgIpc) is 3.00. The Morgan fingerprint density at radius 2 is 2.10 bits per heavy atom. The number of nitrogens with zero attached hydrogens (tertiary/aromatic N) is 2. The number of hydrogen-bond acceptors (Lipinski definition) is 4. The zero-order chi connectivity index (χ0) is 14.7. The van der Waals surface area contributed by atoms with Crippen LogP contribution in [0.3, 0.4) is 0 Å². The number of aliphatic hydroxyl groups excluding tert-OH is 1. The molecule has 3 rings (SSSR count). The molecule has 1 atom stereocenters. The number of carbonyl (C=O) groups excluding carboxylic acids is 1. The van der Waals surface area contributed by atoms with Gasteiger partial charge in [0.25, 0.3) is 0 Å². The molecule has 1 N–H and O–H groups in total. The van der Waals surface area contributed by atoms with Crippen LogP contribution < -0.4 is 0 Å². The highest BCUT2D eigenvalue weighted by molar-refractivity contribution is 5.76. The SMILES string of the molecule is O=C1CCCCN1CC(O)c1cc(-c2ccccc2)on1. The fraction of sp³-hybridized carbons (Fsp3) is 0.375. The van der Waals surface area contributed by atoms with Crippen LogP contribution in [-0.2, 0) is 4.79 Å². The van der Waals surface area contributed by atoms with E-state index >= 15 is 0 Å². The molecule has 1 aliphatic rings. The van der Waals surface area contributed by atoms with Crippen LogP contribution in [-0.4, -0.2) is 34.2 Å². The molecule has 1 saturated heterocycles. The lowest BCUT2D eigenvalue weighted by molar-refractivity contribution is -0.134. The van der Waals surface area contributed by atoms with Crippen LogP contribution in [0.25, 0.3) is 11.3 Å². The first-order valence-corrected chi connectivity index (χ1v) is 7.22. The van der Waals surface area contributed by atoms with E-state index in [0.29, 0.717) is 24.4 Å². The Labute approximate surface area is 123 Å². The molecule has 1 unspecified atom stereocenters. The lowest BCUT2D eigenvalue weighted by Gasteiger charge is -2.28. The van der Waals surface area contributed by atoms with Gasteiger partial charge in [0.1, 0.15) is 11.8 Å². The van der Waals surface area contributed by atoms with Crippen LogP contribution >= 0.6 is 0 Å². The van der Waals surface area contributed by atoms with E-state index in [1.807, 2.05) is 30.3 Å². The summed E-state index contributed by atoms with van der Waals surface area (Å²) in [6, 6.07) is 11.3. The summed E-state index contributed by atoms with van der Waals surface area (Å²) in [5.41, 5.74) is 1.38. The van der Waals surface area contributed by atoms with Gasteiger partial charge in [-0.1, -0.05) is 35.5 Å². The van der Waals surface area contributed by atoms with Gasteiger partial charge in [-0.15, -0.1) is 0 Å². The van der Waals surface area contributed by atoms with Crippen molar-refractivity contribution in [2.24, 2.45) is 0 Å². The lowest BCUT2D eigenvalue weighted by Crippen LogP contribution is -2.38. The van der Waals surface area contributed by atoms with E-state index in [2.05, 4.69) is 5.16 Å². The molecule has 1 aromatic heterocycles. The maximum atomic E-state index is 11.8. The number of amides is 1. The van der Waals surface area contributed by atoms with E-state index in [9.17, 15) is 9.90 Å². The standard InChI is InChI=1S/C16H18N2O3/c19-14(11-18-9-5-4-8-16(18)20)13-10-15(21-17-13)12-6-2-1-3-7-12/h1-3,6-7,10,14,19H,4-5,8-9,11H2. The third-order valence-corrected chi connectivity index (χ3v) is 3.74. The first kappa shape index (κ1) is 13.8. The second-order valence-corrected chi connectivity index (χ2v) is 5.29. The molecule has 0 radical (unpaired) electrons. The molecule has 5 nitrogen and oxygen atoms in total. The monoisotopic (exact) mass is 286 g/mol. The molecule has 110 valence electrons. The number of piperidine rings is 1. The molecular formula is C16H18N2O3. The Bertz CT molecular complexity index is 609. The normalized spacial score (nSPS) is 17.0. The largest absolute Gasteiger partial charge is 0.385 e. The molecule has 2 heterocycles. The van der Waals surface area contributed by atoms with Gasteiger partial charge in [0.05, 0.1) is 6.54 Å². The summed E-state index contributed by atoms with van der Waals surface area (Å²) in [5.74, 6) is 0.724. The minimum atomic E-state index is -0.812. The van der Waals surface area contributed by atoms with Crippen molar-refractivity contribution >= 4 is 5.91 Å². The summed E-state index contributed by atoms with van der Waals surface area (Å²) in [7, 11) is 0. The Morgan fingerprint density at radius 1 is 1.29 bits per heavy atom. The van der Waals surface area contributed by atoms with Crippen LogP contribution in [0.15, 0.2) is 40.9 Å². The summed E-state index contributed by atoms with van der Waals surface area (Å²) in [5, 5.41) is 14.2. The number of hydrogen-bond donors (Lipinski definition) is 1. The highest BCUT2D eigenvalue weighted by atomic mass is 16.5. The highest BCUT2D eigenvalue weighted by Crippen LogP contribution is 2.24. The third-order valence-electron chi connectivity index (χ3n) is 3.74. The van der Waals surface area contributed by atoms with Gasteiger partial charge in [0.2, 0.25) is 5.91 Å². The molecule has 1 fully saturated rings. The van der Waals surface area contributed by atoms with Crippen LogP contribution in [0.4, 0.5) is 0 Å². The van der Waals surface area contributed by atoms with Crippen LogP contribution in [0.2, 0.25) is 0 Å². The van der Waals surface area contributed by atoms with Crippen molar-refractivity contribution in [1.29, 1.82) is 0 Å². The number of β-amino-alcohol motifs (C(OH)–C–C–N with tert-alkyl or cyclic N) is 1. The summed E-state index contributed by atoms with van der Waals surface area (Å²) in [6.45, 7) is 0.985.